The lowest BCUT2D eigenvalue weighted by molar-refractivity contribution is 0.179. The summed E-state index contributed by atoms with van der Waals surface area (Å²) in [6.07, 6.45) is 3.14. The molecule has 2 nitrogen and oxygen atoms in total. The van der Waals surface area contributed by atoms with Crippen molar-refractivity contribution in [2.75, 3.05) is 6.61 Å². The molecule has 1 unspecified atom stereocenters. The van der Waals surface area contributed by atoms with Gasteiger partial charge in [0.25, 0.3) is 0 Å². The predicted octanol–water partition coefficient (Wildman–Crippen LogP) is 1.54. The summed E-state index contributed by atoms with van der Waals surface area (Å²) in [4.78, 5) is 2.68. The normalized spacial score (nSPS) is 27.3. The molecule has 2 rings (SSSR count). The Hall–Kier alpha value is -0.380. The fraction of sp³-hybridized carbons (Fsp3) is 0.600. The molecule has 1 aromatic rings. The molecule has 1 atom stereocenters. The first-order valence-electron chi connectivity index (χ1n) is 4.65. The summed E-state index contributed by atoms with van der Waals surface area (Å²) in [7, 11) is 0. The molecule has 3 heteroatoms. The second kappa shape index (κ2) is 3.08. The van der Waals surface area contributed by atoms with Gasteiger partial charge in [0.2, 0.25) is 0 Å². The highest BCUT2D eigenvalue weighted by molar-refractivity contribution is 7.12. The van der Waals surface area contributed by atoms with Crippen LogP contribution in [0, 0.1) is 6.92 Å². The Morgan fingerprint density at radius 1 is 1.69 bits per heavy atom. The van der Waals surface area contributed by atoms with Gasteiger partial charge in [-0.3, -0.25) is 0 Å². The van der Waals surface area contributed by atoms with E-state index >= 15 is 0 Å². The highest BCUT2D eigenvalue weighted by Gasteiger charge is 2.33. The van der Waals surface area contributed by atoms with Crippen molar-refractivity contribution in [3.05, 3.63) is 21.4 Å². The van der Waals surface area contributed by atoms with Gasteiger partial charge in [0.05, 0.1) is 12.1 Å². The summed E-state index contributed by atoms with van der Waals surface area (Å²) in [5.74, 6) is 0. The molecule has 0 aromatic carbocycles. The fourth-order valence-electron chi connectivity index (χ4n) is 2.03. The number of hydrogen-bond donors (Lipinski definition) is 2. The largest absolute Gasteiger partial charge is 0.394 e. The maximum Gasteiger partial charge on any atom is 0.0655 e. The van der Waals surface area contributed by atoms with E-state index in [1.54, 1.807) is 0 Å². The van der Waals surface area contributed by atoms with Crippen molar-refractivity contribution in [2.45, 2.75) is 31.7 Å². The summed E-state index contributed by atoms with van der Waals surface area (Å²) in [5, 5.41) is 9.29. The second-order valence-corrected chi connectivity index (χ2v) is 5.20. The molecule has 0 saturated carbocycles. The lowest BCUT2D eigenvalue weighted by Gasteiger charge is -2.31. The molecule has 0 bridgehead atoms. The van der Waals surface area contributed by atoms with Gasteiger partial charge in [0.1, 0.15) is 0 Å². The SMILES string of the molecule is Cc1cc2c(s1)CCCC2(N)CO. The van der Waals surface area contributed by atoms with Gasteiger partial charge in [-0.05, 0) is 37.8 Å². The van der Waals surface area contributed by atoms with E-state index < -0.39 is 5.54 Å². The van der Waals surface area contributed by atoms with Crippen LogP contribution < -0.4 is 5.73 Å². The zero-order valence-corrected chi connectivity index (χ0v) is 8.66. The van der Waals surface area contributed by atoms with Crippen molar-refractivity contribution in [3.8, 4) is 0 Å². The van der Waals surface area contributed by atoms with Crippen LogP contribution in [0.3, 0.4) is 0 Å². The van der Waals surface area contributed by atoms with Crippen molar-refractivity contribution < 1.29 is 5.11 Å². The first-order chi connectivity index (χ1) is 6.15. The molecule has 3 N–H and O–H groups in total. The third kappa shape index (κ3) is 1.41. The average Bonchev–Trinajstić information content (AvgIpc) is 2.48. The maximum absolute atomic E-state index is 9.29. The number of fused-ring (bicyclic) bond motifs is 1. The van der Waals surface area contributed by atoms with Gasteiger partial charge in [0, 0.05) is 9.75 Å². The molecule has 1 aliphatic rings. The quantitative estimate of drug-likeness (QED) is 0.717. The molecule has 0 saturated heterocycles. The molecule has 0 spiro atoms. The Kier molecular flexibility index (Phi) is 2.18. The first-order valence-corrected chi connectivity index (χ1v) is 5.47. The molecule has 0 fully saturated rings. The van der Waals surface area contributed by atoms with Gasteiger partial charge in [0.15, 0.2) is 0 Å². The Morgan fingerprint density at radius 2 is 2.46 bits per heavy atom. The molecule has 1 aliphatic carbocycles. The summed E-state index contributed by atoms with van der Waals surface area (Å²) in [5.41, 5.74) is 6.86. The van der Waals surface area contributed by atoms with Crippen LogP contribution in [0.25, 0.3) is 0 Å². The van der Waals surface area contributed by atoms with Crippen molar-refractivity contribution in [1.29, 1.82) is 0 Å². The number of nitrogens with two attached hydrogens (primary N) is 1. The van der Waals surface area contributed by atoms with E-state index in [4.69, 9.17) is 5.73 Å². The second-order valence-electron chi connectivity index (χ2n) is 3.86. The summed E-state index contributed by atoms with van der Waals surface area (Å²) in [6.45, 7) is 2.16. The minimum Gasteiger partial charge on any atom is -0.394 e. The van der Waals surface area contributed by atoms with Crippen LogP contribution in [0.1, 0.15) is 28.2 Å². The van der Waals surface area contributed by atoms with Crippen molar-refractivity contribution in [2.24, 2.45) is 5.73 Å². The zero-order valence-electron chi connectivity index (χ0n) is 7.84. The maximum atomic E-state index is 9.29. The van der Waals surface area contributed by atoms with Crippen LogP contribution in [-0.2, 0) is 12.0 Å². The van der Waals surface area contributed by atoms with Crippen molar-refractivity contribution in [1.82, 2.24) is 0 Å². The third-order valence-electron chi connectivity index (χ3n) is 2.78. The van der Waals surface area contributed by atoms with Crippen molar-refractivity contribution >= 4 is 11.3 Å². The van der Waals surface area contributed by atoms with E-state index in [1.807, 2.05) is 11.3 Å². The smallest absolute Gasteiger partial charge is 0.0655 e. The first kappa shape index (κ1) is 9.19. The molecule has 1 heterocycles. The number of rotatable bonds is 1. The summed E-state index contributed by atoms with van der Waals surface area (Å²) >= 11 is 1.82. The topological polar surface area (TPSA) is 46.2 Å². The van der Waals surface area contributed by atoms with Gasteiger partial charge in [-0.2, -0.15) is 0 Å². The van der Waals surface area contributed by atoms with E-state index in [0.29, 0.717) is 0 Å². The van der Waals surface area contributed by atoms with Gasteiger partial charge in [-0.15, -0.1) is 11.3 Å². The van der Waals surface area contributed by atoms with Crippen LogP contribution in [0.5, 0.6) is 0 Å². The van der Waals surface area contributed by atoms with E-state index in [0.717, 1.165) is 19.3 Å². The lowest BCUT2D eigenvalue weighted by Crippen LogP contribution is -2.42. The Morgan fingerprint density at radius 3 is 3.15 bits per heavy atom. The highest BCUT2D eigenvalue weighted by Crippen LogP contribution is 2.37. The van der Waals surface area contributed by atoms with E-state index in [2.05, 4.69) is 13.0 Å². The van der Waals surface area contributed by atoms with Gasteiger partial charge in [-0.25, -0.2) is 0 Å². The minimum absolute atomic E-state index is 0.0656. The molecule has 0 aliphatic heterocycles. The van der Waals surface area contributed by atoms with Crippen LogP contribution >= 0.6 is 11.3 Å². The molecule has 0 radical (unpaired) electrons. The van der Waals surface area contributed by atoms with Crippen LogP contribution in [-0.4, -0.2) is 11.7 Å². The Labute approximate surface area is 82.4 Å². The predicted molar refractivity (Wildman–Crippen MR) is 54.9 cm³/mol. The van der Waals surface area contributed by atoms with E-state index in [9.17, 15) is 5.11 Å². The highest BCUT2D eigenvalue weighted by atomic mass is 32.1. The van der Waals surface area contributed by atoms with E-state index in [-0.39, 0.29) is 6.61 Å². The number of aryl methyl sites for hydroxylation is 2. The molecule has 0 amide bonds. The lowest BCUT2D eigenvalue weighted by atomic mass is 9.81. The van der Waals surface area contributed by atoms with Gasteiger partial charge < -0.3 is 10.8 Å². The van der Waals surface area contributed by atoms with Crippen LogP contribution in [0.15, 0.2) is 6.07 Å². The summed E-state index contributed by atoms with van der Waals surface area (Å²) < 4.78 is 0. The number of thiophene rings is 1. The van der Waals surface area contributed by atoms with Gasteiger partial charge >= 0.3 is 0 Å². The average molecular weight is 197 g/mol. The zero-order chi connectivity index (χ0) is 9.47. The molecule has 72 valence electrons. The third-order valence-corrected chi connectivity index (χ3v) is 3.89. The molecule has 1 aromatic heterocycles. The number of aliphatic hydroxyl groups is 1. The van der Waals surface area contributed by atoms with E-state index in [1.165, 1.54) is 15.3 Å². The van der Waals surface area contributed by atoms with Crippen molar-refractivity contribution in [3.63, 3.8) is 0 Å². The fourth-order valence-corrected chi connectivity index (χ4v) is 3.22. The van der Waals surface area contributed by atoms with Crippen LogP contribution in [0.2, 0.25) is 0 Å². The standard InChI is InChI=1S/C10H15NOS/c1-7-5-8-9(13-7)3-2-4-10(8,11)6-12/h5,12H,2-4,6,11H2,1H3. The minimum atomic E-state index is -0.460. The monoisotopic (exact) mass is 197 g/mol. The van der Waals surface area contributed by atoms with Gasteiger partial charge in [-0.1, -0.05) is 0 Å². The molecular weight excluding hydrogens is 182 g/mol. The van der Waals surface area contributed by atoms with Crippen LogP contribution in [0.4, 0.5) is 0 Å². The number of aliphatic hydroxyl groups excluding tert-OH is 1. The Balaban J connectivity index is 2.47. The Bertz CT molecular complexity index is 321. The summed E-state index contributed by atoms with van der Waals surface area (Å²) in [6, 6.07) is 2.13. The molecule has 13 heavy (non-hydrogen) atoms. The number of hydrogen-bond acceptors (Lipinski definition) is 3. The molecular formula is C10H15NOS.